The van der Waals surface area contributed by atoms with E-state index in [1.165, 1.54) is 12.1 Å². The van der Waals surface area contributed by atoms with E-state index in [2.05, 4.69) is 0 Å². The highest BCUT2D eigenvalue weighted by Gasteiger charge is 2.43. The van der Waals surface area contributed by atoms with Gasteiger partial charge in [0.15, 0.2) is 11.5 Å². The number of aromatic hydroxyl groups is 1. The Hall–Kier alpha value is -3.09. The van der Waals surface area contributed by atoms with Crippen LogP contribution in [0.25, 0.3) is 22.3 Å². The molecule has 2 heterocycles. The van der Waals surface area contributed by atoms with E-state index in [1.807, 2.05) is 26.0 Å². The number of allylic oxidation sites excluding steroid dienone is 2. The summed E-state index contributed by atoms with van der Waals surface area (Å²) in [5.41, 5.74) is 1.77. The number of hydrogen-bond donors (Lipinski definition) is 3. The molecule has 0 saturated heterocycles. The first kappa shape index (κ1) is 21.2. The van der Waals surface area contributed by atoms with Gasteiger partial charge in [0, 0.05) is 17.2 Å². The Bertz CT molecular complexity index is 1240. The Morgan fingerprint density at radius 3 is 2.61 bits per heavy atom. The van der Waals surface area contributed by atoms with Crippen molar-refractivity contribution in [2.75, 3.05) is 0 Å². The maximum absolute atomic E-state index is 12.6. The van der Waals surface area contributed by atoms with Gasteiger partial charge in [-0.1, -0.05) is 17.7 Å². The van der Waals surface area contributed by atoms with E-state index in [4.69, 9.17) is 9.15 Å². The molecule has 2 aromatic carbocycles. The molecule has 0 radical (unpaired) electrons. The average Bonchev–Trinajstić information content (AvgIpc) is 3.03. The highest BCUT2D eigenvalue weighted by atomic mass is 16.5. The molecule has 162 valence electrons. The monoisotopic (exact) mass is 422 g/mol. The van der Waals surface area contributed by atoms with Gasteiger partial charge in [-0.25, -0.2) is 0 Å². The SMILES string of the molecule is CC(C)=CCc1cc(-c2cc(=O)c3c(O)cccc3o2)cc2c1OC(C(C)(C)O)C2O. The number of aliphatic hydroxyl groups excluding tert-OH is 1. The van der Waals surface area contributed by atoms with E-state index >= 15 is 0 Å². The molecule has 2 unspecified atom stereocenters. The molecule has 3 N–H and O–H groups in total. The van der Waals surface area contributed by atoms with Gasteiger partial charge in [0.05, 0.1) is 5.60 Å². The number of phenols is 1. The summed E-state index contributed by atoms with van der Waals surface area (Å²) in [6.07, 6.45) is 0.754. The van der Waals surface area contributed by atoms with Crippen LogP contribution in [0, 0.1) is 0 Å². The third-order valence-corrected chi connectivity index (χ3v) is 5.49. The van der Waals surface area contributed by atoms with Crippen molar-refractivity contribution in [2.24, 2.45) is 0 Å². The molecule has 6 heteroatoms. The molecule has 3 aromatic rings. The second-order valence-corrected chi connectivity index (χ2v) is 8.80. The predicted octanol–water partition coefficient (Wildman–Crippen LogP) is 4.24. The van der Waals surface area contributed by atoms with Gasteiger partial charge in [-0.2, -0.15) is 0 Å². The summed E-state index contributed by atoms with van der Waals surface area (Å²) >= 11 is 0. The molecule has 2 atom stereocenters. The Morgan fingerprint density at radius 2 is 1.94 bits per heavy atom. The van der Waals surface area contributed by atoms with Gasteiger partial charge in [-0.05, 0) is 63.9 Å². The van der Waals surface area contributed by atoms with Crippen LogP contribution in [0.4, 0.5) is 0 Å². The lowest BCUT2D eigenvalue weighted by atomic mass is 9.92. The zero-order chi connectivity index (χ0) is 22.5. The normalized spacial score (nSPS) is 18.0. The lowest BCUT2D eigenvalue weighted by Crippen LogP contribution is -2.41. The maximum atomic E-state index is 12.6. The zero-order valence-corrected chi connectivity index (χ0v) is 18.0. The van der Waals surface area contributed by atoms with Crippen LogP contribution >= 0.6 is 0 Å². The fourth-order valence-electron chi connectivity index (χ4n) is 3.90. The van der Waals surface area contributed by atoms with Gasteiger partial charge in [-0.15, -0.1) is 0 Å². The van der Waals surface area contributed by atoms with Crippen LogP contribution in [-0.2, 0) is 6.42 Å². The summed E-state index contributed by atoms with van der Waals surface area (Å²) in [6.45, 7) is 7.18. The third-order valence-electron chi connectivity index (χ3n) is 5.49. The molecule has 0 saturated carbocycles. The van der Waals surface area contributed by atoms with Crippen LogP contribution in [0.15, 0.2) is 57.3 Å². The van der Waals surface area contributed by atoms with E-state index in [0.717, 1.165) is 11.1 Å². The van der Waals surface area contributed by atoms with Crippen molar-refractivity contribution in [3.8, 4) is 22.8 Å². The van der Waals surface area contributed by atoms with Crippen LogP contribution in [0.1, 0.15) is 44.9 Å². The highest BCUT2D eigenvalue weighted by Crippen LogP contribution is 2.45. The molecule has 0 spiro atoms. The van der Waals surface area contributed by atoms with Crippen LogP contribution in [-0.4, -0.2) is 27.0 Å². The molecule has 31 heavy (non-hydrogen) atoms. The molecule has 0 aliphatic carbocycles. The van der Waals surface area contributed by atoms with E-state index in [9.17, 15) is 20.1 Å². The summed E-state index contributed by atoms with van der Waals surface area (Å²) in [6, 6.07) is 9.61. The third kappa shape index (κ3) is 3.84. The molecule has 6 nitrogen and oxygen atoms in total. The molecule has 0 fully saturated rings. The first-order chi connectivity index (χ1) is 14.6. The van der Waals surface area contributed by atoms with Gasteiger partial charge in [0.25, 0.3) is 0 Å². The minimum absolute atomic E-state index is 0.127. The standard InChI is InChI=1S/C25H26O6/c1-13(2)8-9-14-10-15(11-16-22(28)24(25(3,4)29)31-23(14)16)20-12-18(27)21-17(26)6-5-7-19(21)30-20/h5-8,10-12,22,24,26,28-29H,9H2,1-4H3. The zero-order valence-electron chi connectivity index (χ0n) is 18.0. The van der Waals surface area contributed by atoms with Gasteiger partial charge in [0.2, 0.25) is 0 Å². The number of aliphatic hydroxyl groups is 2. The molecule has 0 bridgehead atoms. The van der Waals surface area contributed by atoms with Gasteiger partial charge < -0.3 is 24.5 Å². The average molecular weight is 422 g/mol. The van der Waals surface area contributed by atoms with Crippen LogP contribution in [0.2, 0.25) is 0 Å². The van der Waals surface area contributed by atoms with Crippen LogP contribution < -0.4 is 10.2 Å². The Kier molecular flexibility index (Phi) is 5.15. The number of hydrogen-bond acceptors (Lipinski definition) is 6. The largest absolute Gasteiger partial charge is 0.507 e. The fraction of sp³-hybridized carbons (Fsp3) is 0.320. The number of ether oxygens (including phenoxy) is 1. The van der Waals surface area contributed by atoms with E-state index in [-0.39, 0.29) is 22.1 Å². The molecule has 4 rings (SSSR count). The van der Waals surface area contributed by atoms with Crippen LogP contribution in [0.3, 0.4) is 0 Å². The second-order valence-electron chi connectivity index (χ2n) is 8.80. The van der Waals surface area contributed by atoms with Crippen molar-refractivity contribution in [3.63, 3.8) is 0 Å². The Morgan fingerprint density at radius 1 is 1.19 bits per heavy atom. The number of benzene rings is 2. The molecule has 0 amide bonds. The summed E-state index contributed by atoms with van der Waals surface area (Å²) in [7, 11) is 0. The smallest absolute Gasteiger partial charge is 0.197 e. The Balaban J connectivity index is 1.90. The lowest BCUT2D eigenvalue weighted by Gasteiger charge is -2.27. The number of rotatable bonds is 4. The van der Waals surface area contributed by atoms with Crippen molar-refractivity contribution in [1.82, 2.24) is 0 Å². The molecule has 1 aromatic heterocycles. The minimum atomic E-state index is -1.25. The molecule has 1 aliphatic heterocycles. The van der Waals surface area contributed by atoms with Gasteiger partial charge in [0.1, 0.15) is 34.3 Å². The van der Waals surface area contributed by atoms with E-state index < -0.39 is 17.8 Å². The summed E-state index contributed by atoms with van der Waals surface area (Å²) in [5, 5.41) is 31.5. The summed E-state index contributed by atoms with van der Waals surface area (Å²) in [5.74, 6) is 0.734. The number of phenolic OH excluding ortho intramolecular Hbond substituents is 1. The summed E-state index contributed by atoms with van der Waals surface area (Å²) in [4.78, 5) is 12.6. The summed E-state index contributed by atoms with van der Waals surface area (Å²) < 4.78 is 11.9. The molecular formula is C25H26O6. The minimum Gasteiger partial charge on any atom is -0.507 e. The van der Waals surface area contributed by atoms with Crippen molar-refractivity contribution < 1.29 is 24.5 Å². The second kappa shape index (κ2) is 7.55. The molecular weight excluding hydrogens is 396 g/mol. The highest BCUT2D eigenvalue weighted by molar-refractivity contribution is 5.84. The molecule has 1 aliphatic rings. The predicted molar refractivity (Wildman–Crippen MR) is 118 cm³/mol. The maximum Gasteiger partial charge on any atom is 0.197 e. The topological polar surface area (TPSA) is 100 Å². The fourth-order valence-corrected chi connectivity index (χ4v) is 3.90. The first-order valence-corrected chi connectivity index (χ1v) is 10.2. The van der Waals surface area contributed by atoms with Crippen molar-refractivity contribution in [1.29, 1.82) is 0 Å². The van der Waals surface area contributed by atoms with Crippen LogP contribution in [0.5, 0.6) is 11.5 Å². The van der Waals surface area contributed by atoms with Gasteiger partial charge in [-0.3, -0.25) is 4.79 Å². The quantitative estimate of drug-likeness (QED) is 0.544. The van der Waals surface area contributed by atoms with Crippen molar-refractivity contribution in [3.05, 3.63) is 69.4 Å². The van der Waals surface area contributed by atoms with Crippen molar-refractivity contribution >= 4 is 11.0 Å². The lowest BCUT2D eigenvalue weighted by molar-refractivity contribution is -0.0764. The van der Waals surface area contributed by atoms with E-state index in [0.29, 0.717) is 29.1 Å². The van der Waals surface area contributed by atoms with Gasteiger partial charge >= 0.3 is 0 Å². The first-order valence-electron chi connectivity index (χ1n) is 10.2. The van der Waals surface area contributed by atoms with Crippen molar-refractivity contribution in [2.45, 2.75) is 51.9 Å². The van der Waals surface area contributed by atoms with E-state index in [1.54, 1.807) is 32.0 Å². The number of fused-ring (bicyclic) bond motifs is 2. The Labute approximate surface area is 180 Å².